The summed E-state index contributed by atoms with van der Waals surface area (Å²) in [5.41, 5.74) is 0. The van der Waals surface area contributed by atoms with Gasteiger partial charge in [0.15, 0.2) is 0 Å². The second-order valence-corrected chi connectivity index (χ2v) is 4.17. The van der Waals surface area contributed by atoms with Crippen molar-refractivity contribution >= 4 is 0 Å². The van der Waals surface area contributed by atoms with Crippen molar-refractivity contribution < 1.29 is 0 Å². The molecule has 0 heterocycles. The van der Waals surface area contributed by atoms with Gasteiger partial charge in [0.1, 0.15) is 0 Å². The maximum Gasteiger partial charge on any atom is -0.0169 e. The fraction of sp³-hybridized carbons (Fsp3) is 0.625. The molecule has 0 aliphatic carbocycles. The lowest BCUT2D eigenvalue weighted by molar-refractivity contribution is 0.728. The molecular formula is C16H28. The van der Waals surface area contributed by atoms with Crippen LogP contribution in [0.15, 0.2) is 36.5 Å². The van der Waals surface area contributed by atoms with Gasteiger partial charge in [0, 0.05) is 0 Å². The van der Waals surface area contributed by atoms with Gasteiger partial charge < -0.3 is 0 Å². The summed E-state index contributed by atoms with van der Waals surface area (Å²) in [6, 6.07) is 0. The van der Waals surface area contributed by atoms with E-state index >= 15 is 0 Å². The monoisotopic (exact) mass is 220 g/mol. The topological polar surface area (TPSA) is 0 Å². The van der Waals surface area contributed by atoms with Crippen LogP contribution in [0.1, 0.15) is 65.2 Å². The van der Waals surface area contributed by atoms with E-state index in [1.54, 1.807) is 0 Å². The summed E-state index contributed by atoms with van der Waals surface area (Å²) in [5, 5.41) is 0. The van der Waals surface area contributed by atoms with Crippen molar-refractivity contribution in [2.45, 2.75) is 65.2 Å². The van der Waals surface area contributed by atoms with Gasteiger partial charge in [0.2, 0.25) is 0 Å². The lowest BCUT2D eigenvalue weighted by atomic mass is 10.2. The summed E-state index contributed by atoms with van der Waals surface area (Å²) < 4.78 is 0. The molecule has 16 heavy (non-hydrogen) atoms. The van der Waals surface area contributed by atoms with Crippen molar-refractivity contribution in [2.75, 3.05) is 0 Å². The SMILES string of the molecule is CCC/C=C\CC=CCC=CCCCCC. The van der Waals surface area contributed by atoms with Crippen LogP contribution in [0, 0.1) is 0 Å². The molecule has 0 bridgehead atoms. The van der Waals surface area contributed by atoms with Crippen molar-refractivity contribution in [3.8, 4) is 0 Å². The normalized spacial score (nSPS) is 12.4. The van der Waals surface area contributed by atoms with E-state index < -0.39 is 0 Å². The van der Waals surface area contributed by atoms with Crippen molar-refractivity contribution in [3.05, 3.63) is 36.5 Å². The lowest BCUT2D eigenvalue weighted by Crippen LogP contribution is -1.70. The van der Waals surface area contributed by atoms with Crippen LogP contribution < -0.4 is 0 Å². The maximum absolute atomic E-state index is 2.31. The highest BCUT2D eigenvalue weighted by Crippen LogP contribution is 2.00. The van der Waals surface area contributed by atoms with E-state index in [2.05, 4.69) is 50.3 Å². The average molecular weight is 220 g/mol. The first-order valence-corrected chi connectivity index (χ1v) is 6.86. The zero-order chi connectivity index (χ0) is 11.9. The molecule has 0 nitrogen and oxygen atoms in total. The molecule has 0 unspecified atom stereocenters. The van der Waals surface area contributed by atoms with Gasteiger partial charge in [-0.1, -0.05) is 69.6 Å². The van der Waals surface area contributed by atoms with E-state index in [4.69, 9.17) is 0 Å². The first-order chi connectivity index (χ1) is 7.91. The van der Waals surface area contributed by atoms with Gasteiger partial charge in [-0.2, -0.15) is 0 Å². The Morgan fingerprint density at radius 2 is 1.12 bits per heavy atom. The Balaban J connectivity index is 3.26. The molecule has 0 saturated carbocycles. The number of allylic oxidation sites excluding steroid dienone is 6. The van der Waals surface area contributed by atoms with Gasteiger partial charge in [0.05, 0.1) is 0 Å². The molecule has 0 aromatic heterocycles. The zero-order valence-corrected chi connectivity index (χ0v) is 11.1. The smallest absolute Gasteiger partial charge is 0.0169 e. The Bertz CT molecular complexity index is 196. The van der Waals surface area contributed by atoms with E-state index in [1.807, 2.05) is 0 Å². The molecule has 0 saturated heterocycles. The molecule has 0 fully saturated rings. The minimum Gasteiger partial charge on any atom is -0.0882 e. The fourth-order valence-corrected chi connectivity index (χ4v) is 1.46. The number of unbranched alkanes of at least 4 members (excludes halogenated alkanes) is 4. The van der Waals surface area contributed by atoms with Crippen molar-refractivity contribution in [1.29, 1.82) is 0 Å². The summed E-state index contributed by atoms with van der Waals surface area (Å²) in [7, 11) is 0. The standard InChI is InChI=1S/C16H28/c1-3-5-7-9-11-13-15-16-14-12-10-8-6-4-2/h7,9,12-15H,3-6,8,10-11,16H2,1-2H3/b9-7-,14-12?,15-13?. The highest BCUT2D eigenvalue weighted by molar-refractivity contribution is 4.97. The van der Waals surface area contributed by atoms with Crippen LogP contribution in [-0.2, 0) is 0 Å². The van der Waals surface area contributed by atoms with E-state index in [1.165, 1.54) is 38.5 Å². The second-order valence-electron chi connectivity index (χ2n) is 4.17. The highest BCUT2D eigenvalue weighted by atomic mass is 13.9. The predicted molar refractivity (Wildman–Crippen MR) is 75.7 cm³/mol. The van der Waals surface area contributed by atoms with Gasteiger partial charge in [-0.05, 0) is 32.1 Å². The molecule has 0 aliphatic rings. The maximum atomic E-state index is 2.31. The third-order valence-electron chi connectivity index (χ3n) is 2.47. The molecule has 0 aliphatic heterocycles. The van der Waals surface area contributed by atoms with Crippen LogP contribution in [0.25, 0.3) is 0 Å². The first kappa shape index (κ1) is 15.2. The minimum atomic E-state index is 1.09. The largest absolute Gasteiger partial charge is 0.0882 e. The Morgan fingerprint density at radius 3 is 1.69 bits per heavy atom. The van der Waals surface area contributed by atoms with Crippen molar-refractivity contribution in [2.24, 2.45) is 0 Å². The summed E-state index contributed by atoms with van der Waals surface area (Å²) in [6.07, 6.45) is 23.5. The van der Waals surface area contributed by atoms with Gasteiger partial charge in [0.25, 0.3) is 0 Å². The van der Waals surface area contributed by atoms with E-state index in [-0.39, 0.29) is 0 Å². The van der Waals surface area contributed by atoms with Crippen LogP contribution in [0.3, 0.4) is 0 Å². The Hall–Kier alpha value is -0.780. The third kappa shape index (κ3) is 13.2. The van der Waals surface area contributed by atoms with Crippen molar-refractivity contribution in [1.82, 2.24) is 0 Å². The highest BCUT2D eigenvalue weighted by Gasteiger charge is 1.80. The third-order valence-corrected chi connectivity index (χ3v) is 2.47. The summed E-state index contributed by atoms with van der Waals surface area (Å²) in [5.74, 6) is 0. The molecule has 92 valence electrons. The fourth-order valence-electron chi connectivity index (χ4n) is 1.46. The van der Waals surface area contributed by atoms with Gasteiger partial charge in [-0.3, -0.25) is 0 Å². The molecule has 0 aromatic rings. The molecule has 0 spiro atoms. The minimum absolute atomic E-state index is 1.09. The molecule has 0 rings (SSSR count). The Morgan fingerprint density at radius 1 is 0.562 bits per heavy atom. The van der Waals surface area contributed by atoms with Crippen LogP contribution in [0.5, 0.6) is 0 Å². The van der Waals surface area contributed by atoms with E-state index in [0.29, 0.717) is 0 Å². The predicted octanol–water partition coefficient (Wildman–Crippen LogP) is 5.82. The van der Waals surface area contributed by atoms with Crippen LogP contribution in [0.4, 0.5) is 0 Å². The van der Waals surface area contributed by atoms with Gasteiger partial charge >= 0.3 is 0 Å². The molecule has 0 radical (unpaired) electrons. The van der Waals surface area contributed by atoms with Crippen molar-refractivity contribution in [3.63, 3.8) is 0 Å². The number of hydrogen-bond acceptors (Lipinski definition) is 0. The molecule has 0 N–H and O–H groups in total. The number of rotatable bonds is 10. The van der Waals surface area contributed by atoms with Gasteiger partial charge in [-0.15, -0.1) is 0 Å². The summed E-state index contributed by atoms with van der Waals surface area (Å²) in [4.78, 5) is 0. The summed E-state index contributed by atoms with van der Waals surface area (Å²) in [6.45, 7) is 4.46. The first-order valence-electron chi connectivity index (χ1n) is 6.86. The lowest BCUT2D eigenvalue weighted by Gasteiger charge is -1.90. The van der Waals surface area contributed by atoms with Crippen LogP contribution >= 0.6 is 0 Å². The van der Waals surface area contributed by atoms with E-state index in [9.17, 15) is 0 Å². The Kier molecular flexibility index (Phi) is 13.5. The van der Waals surface area contributed by atoms with Crippen LogP contribution in [0.2, 0.25) is 0 Å². The average Bonchev–Trinajstić information content (AvgIpc) is 2.31. The number of hydrogen-bond donors (Lipinski definition) is 0. The molecular weight excluding hydrogens is 192 g/mol. The molecule has 0 atom stereocenters. The quantitative estimate of drug-likeness (QED) is 0.321. The zero-order valence-electron chi connectivity index (χ0n) is 11.1. The Labute approximate surface area is 102 Å². The van der Waals surface area contributed by atoms with E-state index in [0.717, 1.165) is 12.8 Å². The second kappa shape index (κ2) is 14.2. The molecule has 0 aromatic carbocycles. The molecule has 0 amide bonds. The van der Waals surface area contributed by atoms with Gasteiger partial charge in [-0.25, -0.2) is 0 Å². The van der Waals surface area contributed by atoms with Crippen LogP contribution in [-0.4, -0.2) is 0 Å². The summed E-state index contributed by atoms with van der Waals surface area (Å²) >= 11 is 0. The molecule has 0 heteroatoms.